The summed E-state index contributed by atoms with van der Waals surface area (Å²) in [5.41, 5.74) is -1.55. The summed E-state index contributed by atoms with van der Waals surface area (Å²) in [6.07, 6.45) is -7.03. The van der Waals surface area contributed by atoms with Gasteiger partial charge in [-0.15, -0.1) is 0 Å². The van der Waals surface area contributed by atoms with Crippen molar-refractivity contribution in [2.45, 2.75) is 77.3 Å². The van der Waals surface area contributed by atoms with E-state index >= 15 is 0 Å². The number of rotatable bonds is 2. The fraction of sp³-hybridized carbons (Fsp3) is 0.895. The maximum Gasteiger partial charge on any atom is 1.00 e. The smallest absolute Gasteiger partial charge is 0.726 e. The van der Waals surface area contributed by atoms with Crippen molar-refractivity contribution in [1.82, 2.24) is 0 Å². The molecule has 0 amide bonds. The van der Waals surface area contributed by atoms with Crippen molar-refractivity contribution in [3.05, 3.63) is 11.6 Å². The first-order chi connectivity index (χ1) is 13.9. The van der Waals surface area contributed by atoms with Gasteiger partial charge >= 0.3 is 29.6 Å². The molecule has 0 heterocycles. The van der Waals surface area contributed by atoms with E-state index in [0.717, 1.165) is 6.42 Å². The molecule has 0 aromatic rings. The van der Waals surface area contributed by atoms with Crippen LogP contribution in [-0.2, 0) is 14.6 Å². The van der Waals surface area contributed by atoms with Gasteiger partial charge in [0.2, 0.25) is 10.4 Å². The molecule has 142 valence electrons. The molecule has 0 aliphatic heterocycles. The molecule has 4 aliphatic rings. The second-order valence-electron chi connectivity index (χ2n) is 8.49. The zero-order valence-electron chi connectivity index (χ0n) is 21.5. The predicted octanol–water partition coefficient (Wildman–Crippen LogP) is 0.160. The Morgan fingerprint density at radius 2 is 2.08 bits per heavy atom. The van der Waals surface area contributed by atoms with E-state index in [1.807, 2.05) is 0 Å². The van der Waals surface area contributed by atoms with E-state index in [9.17, 15) is 18.1 Å². The third-order valence-corrected chi connectivity index (χ3v) is 7.70. The maximum absolute atomic E-state index is 11.3. The Hall–Kier alpha value is 0.570. The van der Waals surface area contributed by atoms with E-state index in [2.05, 4.69) is 11.1 Å². The van der Waals surface area contributed by atoms with Gasteiger partial charge in [-0.3, -0.25) is 4.18 Å². The molecule has 0 bridgehead atoms. The van der Waals surface area contributed by atoms with Gasteiger partial charge in [-0.25, -0.2) is 8.42 Å². The van der Waals surface area contributed by atoms with Gasteiger partial charge in [0, 0.05) is 5.48 Å². The summed E-state index contributed by atoms with van der Waals surface area (Å²) in [4.78, 5) is 0. The summed E-state index contributed by atoms with van der Waals surface area (Å²) in [6.45, 7) is 3.75. The van der Waals surface area contributed by atoms with E-state index in [4.69, 9.17) is 8.22 Å². The van der Waals surface area contributed by atoms with Crippen LogP contribution in [0.1, 0.15) is 73.3 Å². The molecule has 5 nitrogen and oxygen atoms in total. The Bertz CT molecular complexity index is 944. The fourth-order valence-electron chi connectivity index (χ4n) is 5.92. The van der Waals surface area contributed by atoms with Gasteiger partial charge in [0.05, 0.1) is 14.9 Å². The van der Waals surface area contributed by atoms with Crippen molar-refractivity contribution in [1.29, 1.82) is 0 Å². The molecule has 0 aromatic carbocycles. The van der Waals surface area contributed by atoms with Gasteiger partial charge in [-0.1, -0.05) is 25.5 Å². The third kappa shape index (κ3) is 3.38. The number of aliphatic hydroxyl groups excluding tert-OH is 1. The topological polar surface area (TPSA) is 86.7 Å². The Morgan fingerprint density at radius 3 is 2.77 bits per heavy atom. The maximum atomic E-state index is 11.3. The molecular weight excluding hydrogens is 363 g/mol. The molecule has 3 fully saturated rings. The van der Waals surface area contributed by atoms with Crippen molar-refractivity contribution in [3.8, 4) is 0 Å². The van der Waals surface area contributed by atoms with Crippen LogP contribution >= 0.6 is 0 Å². The van der Waals surface area contributed by atoms with Gasteiger partial charge in [0.15, 0.2) is 0 Å². The van der Waals surface area contributed by atoms with Gasteiger partial charge in [0.25, 0.3) is 0 Å². The summed E-state index contributed by atoms with van der Waals surface area (Å²) in [5.74, 6) is -0.0951. The van der Waals surface area contributed by atoms with Crippen LogP contribution < -0.4 is 29.6 Å². The van der Waals surface area contributed by atoms with Crippen molar-refractivity contribution < 1.29 is 60.0 Å². The first-order valence-electron chi connectivity index (χ1n) is 12.0. The molecule has 0 unspecified atom stereocenters. The summed E-state index contributed by atoms with van der Waals surface area (Å²) < 4.78 is 89.4. The summed E-state index contributed by atoms with van der Waals surface area (Å²) in [6, 6.07) is -0.0848. The molecule has 7 heteroatoms. The molecule has 4 rings (SSSR count). The van der Waals surface area contributed by atoms with Crippen molar-refractivity contribution >= 4 is 10.4 Å². The van der Waals surface area contributed by atoms with Gasteiger partial charge in [-0.2, -0.15) is 0 Å². The van der Waals surface area contributed by atoms with Crippen LogP contribution in [0.4, 0.5) is 0 Å². The normalized spacial score (nSPS) is 58.3. The zero-order valence-corrected chi connectivity index (χ0v) is 18.4. The Morgan fingerprint density at radius 1 is 1.35 bits per heavy atom. The van der Waals surface area contributed by atoms with Crippen LogP contribution in [0, 0.1) is 28.6 Å². The minimum Gasteiger partial charge on any atom is -0.726 e. The van der Waals surface area contributed by atoms with Crippen molar-refractivity contribution in [3.63, 3.8) is 0 Å². The molecule has 0 radical (unpaired) electrons. The average molecular weight is 399 g/mol. The van der Waals surface area contributed by atoms with Crippen LogP contribution in [-0.4, -0.2) is 30.3 Å². The molecule has 7 atom stereocenters. The molecule has 0 spiro atoms. The molecule has 1 N–H and O–H groups in total. The SMILES string of the molecule is [2H]C1=C2C([2H])([2H])[C@]([2H])(OS(=O)(=O)[O-])C([2H])([2H])C[C@]2(C)[C@H]2CC[C@]3(C)[C@H](O)CC[C@H]3[C@@H]2C1.[Na+]. The standard InChI is InChI=1S/C19H30O5S.Na/c1-18-9-7-13(24-25(21,22)23)11-12(18)3-4-14-15-5-6-17(20)19(15,2)10-8-16(14)18;/h3,13-17,20H,4-11H2,1-2H3,(H,21,22,23);/q;+1/p-1/t13-,14+,15+,16+,17-,18+,19+;/m1./s1/i3D,7D2,11D2,13D;. The van der Waals surface area contributed by atoms with E-state index in [-0.39, 0.29) is 70.8 Å². The van der Waals surface area contributed by atoms with Crippen LogP contribution in [0.2, 0.25) is 0 Å². The van der Waals surface area contributed by atoms with Crippen LogP contribution in [0.15, 0.2) is 11.6 Å². The number of fused-ring (bicyclic) bond motifs is 5. The fourth-order valence-corrected chi connectivity index (χ4v) is 6.23. The Balaban J connectivity index is 0.00000289. The predicted molar refractivity (Wildman–Crippen MR) is 92.3 cm³/mol. The molecule has 0 aromatic heterocycles. The minimum atomic E-state index is -5.58. The number of aliphatic hydroxyl groups is 1. The first kappa shape index (κ1) is 14.5. The second-order valence-corrected chi connectivity index (χ2v) is 9.47. The van der Waals surface area contributed by atoms with Crippen molar-refractivity contribution in [2.24, 2.45) is 28.6 Å². The van der Waals surface area contributed by atoms with E-state index in [0.29, 0.717) is 19.3 Å². The van der Waals surface area contributed by atoms with E-state index in [1.165, 1.54) is 0 Å². The van der Waals surface area contributed by atoms with Gasteiger partial charge in [-0.05, 0) is 79.9 Å². The van der Waals surface area contributed by atoms with Crippen LogP contribution in [0.3, 0.4) is 0 Å². The van der Waals surface area contributed by atoms with Crippen LogP contribution in [0.5, 0.6) is 0 Å². The van der Waals surface area contributed by atoms with E-state index < -0.39 is 47.2 Å². The summed E-state index contributed by atoms with van der Waals surface area (Å²) >= 11 is 0. The minimum absolute atomic E-state index is 0. The molecule has 0 saturated heterocycles. The largest absolute Gasteiger partial charge is 1.00 e. The second kappa shape index (κ2) is 7.12. The molecule has 26 heavy (non-hydrogen) atoms. The van der Waals surface area contributed by atoms with Gasteiger partial charge < -0.3 is 9.66 Å². The molecule has 4 aliphatic carbocycles. The number of hydrogen-bond donors (Lipinski definition) is 1. The molecular formula is C19H29NaO5S. The van der Waals surface area contributed by atoms with Crippen LogP contribution in [0.25, 0.3) is 0 Å². The number of hydrogen-bond acceptors (Lipinski definition) is 5. The van der Waals surface area contributed by atoms with Gasteiger partial charge in [0.1, 0.15) is 0 Å². The number of allylic oxidation sites excluding steroid dienone is 1. The quantitative estimate of drug-likeness (QED) is 0.310. The third-order valence-electron chi connectivity index (χ3n) is 7.33. The van der Waals surface area contributed by atoms with Crippen molar-refractivity contribution in [2.75, 3.05) is 0 Å². The molecule has 3 saturated carbocycles. The summed E-state index contributed by atoms with van der Waals surface area (Å²) in [5, 5.41) is 10.6. The average Bonchev–Trinajstić information content (AvgIpc) is 2.86. The first-order valence-corrected chi connectivity index (χ1v) is 10.3. The monoisotopic (exact) mass is 398 g/mol. The Kier molecular flexibility index (Phi) is 3.98. The van der Waals surface area contributed by atoms with E-state index in [1.54, 1.807) is 6.92 Å². The Labute approximate surface area is 187 Å². The summed E-state index contributed by atoms with van der Waals surface area (Å²) in [7, 11) is -5.58. The zero-order chi connectivity index (χ0) is 23.4.